The zero-order valence-corrected chi connectivity index (χ0v) is 11.4. The number of aromatic carboxylic acids is 1. The topological polar surface area (TPSA) is 49.3 Å². The predicted molar refractivity (Wildman–Crippen MR) is 76.6 cm³/mol. The van der Waals surface area contributed by atoms with Crippen LogP contribution in [0.4, 0.5) is 10.1 Å². The van der Waals surface area contributed by atoms with Gasteiger partial charge in [-0.3, -0.25) is 0 Å². The summed E-state index contributed by atoms with van der Waals surface area (Å²) in [6, 6.07) is 11.7. The fraction of sp³-hybridized carbons (Fsp3) is 0.188. The minimum Gasteiger partial charge on any atom is -0.478 e. The van der Waals surface area contributed by atoms with E-state index in [9.17, 15) is 9.18 Å². The molecule has 0 saturated carbocycles. The first-order valence-electron chi connectivity index (χ1n) is 6.34. The summed E-state index contributed by atoms with van der Waals surface area (Å²) >= 11 is 0. The van der Waals surface area contributed by atoms with Gasteiger partial charge in [-0.05, 0) is 43.2 Å². The number of rotatable bonds is 4. The number of anilines is 1. The fourth-order valence-corrected chi connectivity index (χ4v) is 2.15. The van der Waals surface area contributed by atoms with Crippen molar-refractivity contribution in [1.29, 1.82) is 0 Å². The summed E-state index contributed by atoms with van der Waals surface area (Å²) in [5.41, 5.74) is 2.44. The van der Waals surface area contributed by atoms with E-state index in [1.54, 1.807) is 0 Å². The highest BCUT2D eigenvalue weighted by atomic mass is 19.1. The van der Waals surface area contributed by atoms with E-state index in [0.29, 0.717) is 5.69 Å². The predicted octanol–water partition coefficient (Wildman–Crippen LogP) is 4.01. The summed E-state index contributed by atoms with van der Waals surface area (Å²) in [6.45, 7) is 3.93. The minimum absolute atomic E-state index is 0.0587. The van der Waals surface area contributed by atoms with Gasteiger partial charge in [0.1, 0.15) is 5.82 Å². The van der Waals surface area contributed by atoms with Crippen molar-refractivity contribution in [2.45, 2.75) is 19.9 Å². The lowest BCUT2D eigenvalue weighted by molar-refractivity contribution is 0.0696. The van der Waals surface area contributed by atoms with Gasteiger partial charge >= 0.3 is 5.97 Å². The van der Waals surface area contributed by atoms with E-state index in [1.165, 1.54) is 12.1 Å². The van der Waals surface area contributed by atoms with Crippen LogP contribution in [0.2, 0.25) is 0 Å². The number of benzene rings is 2. The molecule has 0 saturated heterocycles. The molecule has 0 bridgehead atoms. The number of nitrogens with one attached hydrogen (secondary N) is 1. The van der Waals surface area contributed by atoms with E-state index in [4.69, 9.17) is 5.11 Å². The lowest BCUT2D eigenvalue weighted by Crippen LogP contribution is -2.10. The number of aryl methyl sites for hydroxylation is 1. The molecule has 0 heterocycles. The second kappa shape index (κ2) is 5.74. The Balaban J connectivity index is 2.22. The van der Waals surface area contributed by atoms with E-state index in [0.717, 1.165) is 17.2 Å². The molecule has 1 unspecified atom stereocenters. The van der Waals surface area contributed by atoms with Crippen LogP contribution in [0.15, 0.2) is 42.5 Å². The summed E-state index contributed by atoms with van der Waals surface area (Å²) in [4.78, 5) is 10.8. The van der Waals surface area contributed by atoms with Gasteiger partial charge in [0.25, 0.3) is 0 Å². The zero-order chi connectivity index (χ0) is 14.7. The van der Waals surface area contributed by atoms with Crippen LogP contribution in [0, 0.1) is 12.7 Å². The molecule has 20 heavy (non-hydrogen) atoms. The van der Waals surface area contributed by atoms with Crippen LogP contribution in [0.5, 0.6) is 0 Å². The Bertz CT molecular complexity index is 640. The molecule has 2 aromatic rings. The number of carboxylic acid groups (broad SMARTS) is 1. The van der Waals surface area contributed by atoms with Gasteiger partial charge in [0.05, 0.1) is 11.3 Å². The maximum atomic E-state index is 13.9. The van der Waals surface area contributed by atoms with Gasteiger partial charge in [0.2, 0.25) is 0 Å². The smallest absolute Gasteiger partial charge is 0.335 e. The first kappa shape index (κ1) is 14.1. The molecule has 0 radical (unpaired) electrons. The fourth-order valence-electron chi connectivity index (χ4n) is 2.15. The van der Waals surface area contributed by atoms with E-state index in [1.807, 2.05) is 38.1 Å². The summed E-state index contributed by atoms with van der Waals surface area (Å²) < 4.78 is 13.9. The SMILES string of the molecule is Cc1ccccc1C(C)Nc1ccc(C(=O)O)cc1F. The molecule has 0 amide bonds. The highest BCUT2D eigenvalue weighted by Gasteiger charge is 2.12. The van der Waals surface area contributed by atoms with Gasteiger partial charge in [0.15, 0.2) is 0 Å². The maximum absolute atomic E-state index is 13.9. The molecular weight excluding hydrogens is 257 g/mol. The van der Waals surface area contributed by atoms with Crippen molar-refractivity contribution in [3.63, 3.8) is 0 Å². The molecule has 2 N–H and O–H groups in total. The number of halogens is 1. The molecule has 0 spiro atoms. The quantitative estimate of drug-likeness (QED) is 0.885. The Labute approximate surface area is 117 Å². The summed E-state index contributed by atoms with van der Waals surface area (Å²) in [7, 11) is 0. The number of carboxylic acids is 1. The van der Waals surface area contributed by atoms with Gasteiger partial charge in [-0.25, -0.2) is 9.18 Å². The van der Waals surface area contributed by atoms with Crippen molar-refractivity contribution in [1.82, 2.24) is 0 Å². The van der Waals surface area contributed by atoms with Crippen LogP contribution < -0.4 is 5.32 Å². The van der Waals surface area contributed by atoms with Gasteiger partial charge in [-0.2, -0.15) is 0 Å². The minimum atomic E-state index is -1.14. The van der Waals surface area contributed by atoms with Crippen molar-refractivity contribution in [2.75, 3.05) is 5.32 Å². The van der Waals surface area contributed by atoms with Crippen LogP contribution in [0.3, 0.4) is 0 Å². The van der Waals surface area contributed by atoms with Crippen LogP contribution in [-0.2, 0) is 0 Å². The van der Waals surface area contributed by atoms with Gasteiger partial charge in [0, 0.05) is 6.04 Å². The van der Waals surface area contributed by atoms with E-state index in [2.05, 4.69) is 5.32 Å². The first-order valence-corrected chi connectivity index (χ1v) is 6.34. The Kier molecular flexibility index (Phi) is 4.03. The van der Waals surface area contributed by atoms with E-state index < -0.39 is 11.8 Å². The summed E-state index contributed by atoms with van der Waals surface area (Å²) in [5, 5.41) is 11.9. The normalized spacial score (nSPS) is 11.9. The molecular formula is C16H16FNO2. The Morgan fingerprint density at radius 2 is 1.95 bits per heavy atom. The molecule has 2 rings (SSSR count). The third-order valence-corrected chi connectivity index (χ3v) is 3.24. The number of carbonyl (C=O) groups is 1. The van der Waals surface area contributed by atoms with E-state index in [-0.39, 0.29) is 11.6 Å². The van der Waals surface area contributed by atoms with Crippen molar-refractivity contribution in [3.8, 4) is 0 Å². The highest BCUT2D eigenvalue weighted by Crippen LogP contribution is 2.24. The molecule has 0 fully saturated rings. The first-order chi connectivity index (χ1) is 9.49. The second-order valence-electron chi connectivity index (χ2n) is 4.72. The average Bonchev–Trinajstić information content (AvgIpc) is 2.41. The summed E-state index contributed by atoms with van der Waals surface area (Å²) in [6.07, 6.45) is 0. The van der Waals surface area contributed by atoms with Crippen LogP contribution in [0.25, 0.3) is 0 Å². The summed E-state index contributed by atoms with van der Waals surface area (Å²) in [5.74, 6) is -1.70. The standard InChI is InChI=1S/C16H16FNO2/c1-10-5-3-4-6-13(10)11(2)18-15-8-7-12(16(19)20)9-14(15)17/h3-9,11,18H,1-2H3,(H,19,20). The molecule has 4 heteroatoms. The Morgan fingerprint density at radius 3 is 2.55 bits per heavy atom. The molecule has 0 aliphatic rings. The monoisotopic (exact) mass is 273 g/mol. The zero-order valence-electron chi connectivity index (χ0n) is 11.4. The van der Waals surface area contributed by atoms with Gasteiger partial charge in [-0.1, -0.05) is 24.3 Å². The average molecular weight is 273 g/mol. The van der Waals surface area contributed by atoms with Crippen molar-refractivity contribution in [2.24, 2.45) is 0 Å². The molecule has 1 atom stereocenters. The molecule has 2 aromatic carbocycles. The van der Waals surface area contributed by atoms with Crippen LogP contribution in [-0.4, -0.2) is 11.1 Å². The van der Waals surface area contributed by atoms with Crippen molar-refractivity contribution in [3.05, 3.63) is 65.0 Å². The number of hydrogen-bond donors (Lipinski definition) is 2. The largest absolute Gasteiger partial charge is 0.478 e. The molecule has 0 aliphatic carbocycles. The molecule has 104 valence electrons. The van der Waals surface area contributed by atoms with Gasteiger partial charge < -0.3 is 10.4 Å². The van der Waals surface area contributed by atoms with Crippen LogP contribution in [0.1, 0.15) is 34.5 Å². The van der Waals surface area contributed by atoms with Gasteiger partial charge in [-0.15, -0.1) is 0 Å². The molecule has 0 aromatic heterocycles. The van der Waals surface area contributed by atoms with Crippen molar-refractivity contribution < 1.29 is 14.3 Å². The number of hydrogen-bond acceptors (Lipinski definition) is 2. The molecule has 3 nitrogen and oxygen atoms in total. The Morgan fingerprint density at radius 1 is 1.25 bits per heavy atom. The van der Waals surface area contributed by atoms with Crippen LogP contribution >= 0.6 is 0 Å². The molecule has 0 aliphatic heterocycles. The lowest BCUT2D eigenvalue weighted by atomic mass is 10.0. The third kappa shape index (κ3) is 2.96. The van der Waals surface area contributed by atoms with E-state index >= 15 is 0 Å². The Hall–Kier alpha value is -2.36. The lowest BCUT2D eigenvalue weighted by Gasteiger charge is -2.18. The second-order valence-corrected chi connectivity index (χ2v) is 4.72. The highest BCUT2D eigenvalue weighted by molar-refractivity contribution is 5.88. The van der Waals surface area contributed by atoms with Crippen molar-refractivity contribution >= 4 is 11.7 Å². The third-order valence-electron chi connectivity index (χ3n) is 3.24. The maximum Gasteiger partial charge on any atom is 0.335 e.